The number of nitrogens with zero attached hydrogens (tertiary/aromatic N) is 2. The molecule has 0 saturated carbocycles. The largest absolute Gasteiger partial charge is 0.376 e. The fraction of sp³-hybridized carbons (Fsp3) is 0.556. The number of aryl methyl sites for hydroxylation is 2. The molecule has 0 aliphatic carbocycles. The molecular weight excluding hydrogens is 324 g/mol. The number of aromatic nitrogens is 1. The topological polar surface area (TPSA) is 55.6 Å². The van der Waals surface area contributed by atoms with Crippen molar-refractivity contribution in [1.29, 1.82) is 0 Å². The Morgan fingerprint density at radius 1 is 1.46 bits per heavy atom. The summed E-state index contributed by atoms with van der Waals surface area (Å²) in [5, 5.41) is 6.01. The number of rotatable bonds is 7. The fourth-order valence-electron chi connectivity index (χ4n) is 3.13. The molecule has 1 aliphatic heterocycles. The Labute approximate surface area is 146 Å². The maximum Gasteiger partial charge on any atom is 0.223 e. The monoisotopic (exact) mass is 348 g/mol. The molecule has 0 N–H and O–H groups in total. The third-order valence-electron chi connectivity index (χ3n) is 4.50. The smallest absolute Gasteiger partial charge is 0.223 e. The number of amides is 1. The molecule has 6 heteroatoms. The molecule has 3 heterocycles. The molecule has 2 aromatic rings. The van der Waals surface area contributed by atoms with E-state index in [-0.39, 0.29) is 12.0 Å². The molecule has 24 heavy (non-hydrogen) atoms. The molecule has 5 nitrogen and oxygen atoms in total. The van der Waals surface area contributed by atoms with Crippen LogP contribution in [0.25, 0.3) is 0 Å². The molecule has 130 valence electrons. The van der Waals surface area contributed by atoms with E-state index in [0.29, 0.717) is 25.9 Å². The summed E-state index contributed by atoms with van der Waals surface area (Å²) in [7, 11) is 0. The Morgan fingerprint density at radius 2 is 2.33 bits per heavy atom. The summed E-state index contributed by atoms with van der Waals surface area (Å²) < 4.78 is 10.9. The molecule has 0 aromatic carbocycles. The first kappa shape index (κ1) is 17.2. The zero-order valence-electron chi connectivity index (χ0n) is 14.3. The average Bonchev–Trinajstić information content (AvgIpc) is 3.30. The van der Waals surface area contributed by atoms with Gasteiger partial charge in [-0.1, -0.05) is 11.2 Å². The maximum absolute atomic E-state index is 12.8. The van der Waals surface area contributed by atoms with Crippen LogP contribution >= 0.6 is 11.3 Å². The number of thiophene rings is 1. The van der Waals surface area contributed by atoms with Crippen molar-refractivity contribution < 1.29 is 14.1 Å². The van der Waals surface area contributed by atoms with Crippen molar-refractivity contribution >= 4 is 17.2 Å². The van der Waals surface area contributed by atoms with Gasteiger partial charge in [-0.15, -0.1) is 11.3 Å². The quantitative estimate of drug-likeness (QED) is 0.768. The first-order valence-electron chi connectivity index (χ1n) is 8.47. The molecular formula is C18H24N2O3S. The molecule has 0 unspecified atom stereocenters. The molecule has 1 saturated heterocycles. The predicted molar refractivity (Wildman–Crippen MR) is 93.0 cm³/mol. The minimum atomic E-state index is 0.166. The van der Waals surface area contributed by atoms with Crippen LogP contribution in [0.3, 0.4) is 0 Å². The van der Waals surface area contributed by atoms with E-state index in [1.165, 1.54) is 4.88 Å². The Morgan fingerprint density at radius 3 is 2.96 bits per heavy atom. The van der Waals surface area contributed by atoms with Gasteiger partial charge in [0.15, 0.2) is 0 Å². The van der Waals surface area contributed by atoms with Crippen LogP contribution in [-0.4, -0.2) is 35.2 Å². The van der Waals surface area contributed by atoms with Crippen molar-refractivity contribution in [2.45, 2.75) is 52.2 Å². The van der Waals surface area contributed by atoms with Crippen LogP contribution in [0.5, 0.6) is 0 Å². The van der Waals surface area contributed by atoms with Crippen molar-refractivity contribution in [2.75, 3.05) is 13.2 Å². The molecule has 2 aromatic heterocycles. The summed E-state index contributed by atoms with van der Waals surface area (Å²) in [5.74, 6) is 0.975. The number of carbonyl (C=O) groups is 1. The Kier molecular flexibility index (Phi) is 5.68. The highest BCUT2D eigenvalue weighted by Crippen LogP contribution is 2.20. The molecule has 3 rings (SSSR count). The third-order valence-corrected chi connectivity index (χ3v) is 5.36. The molecule has 1 aliphatic rings. The number of hydrogen-bond donors (Lipinski definition) is 0. The van der Waals surface area contributed by atoms with Crippen molar-refractivity contribution in [3.05, 3.63) is 39.4 Å². The molecule has 1 amide bonds. The third kappa shape index (κ3) is 4.24. The number of hydrogen-bond acceptors (Lipinski definition) is 5. The van der Waals surface area contributed by atoms with Gasteiger partial charge in [0.25, 0.3) is 0 Å². The minimum absolute atomic E-state index is 0.166. The second kappa shape index (κ2) is 7.94. The summed E-state index contributed by atoms with van der Waals surface area (Å²) >= 11 is 1.69. The zero-order chi connectivity index (χ0) is 16.9. The van der Waals surface area contributed by atoms with Crippen molar-refractivity contribution in [1.82, 2.24) is 10.1 Å². The van der Waals surface area contributed by atoms with Gasteiger partial charge in [-0.2, -0.15) is 0 Å². The SMILES string of the molecule is Cc1noc(C)c1CCC(=O)N(Cc1cccs1)C[C@H]1CCCO1. The molecule has 0 bridgehead atoms. The Balaban J connectivity index is 1.63. The van der Waals surface area contributed by atoms with E-state index in [1.807, 2.05) is 30.2 Å². The van der Waals surface area contributed by atoms with Crippen molar-refractivity contribution in [2.24, 2.45) is 0 Å². The van der Waals surface area contributed by atoms with Gasteiger partial charge in [0.2, 0.25) is 5.91 Å². The fourth-order valence-corrected chi connectivity index (χ4v) is 3.85. The Bertz CT molecular complexity index is 640. The highest BCUT2D eigenvalue weighted by molar-refractivity contribution is 7.09. The van der Waals surface area contributed by atoms with Crippen molar-refractivity contribution in [3.8, 4) is 0 Å². The van der Waals surface area contributed by atoms with E-state index >= 15 is 0 Å². The summed E-state index contributed by atoms with van der Waals surface area (Å²) in [5.41, 5.74) is 1.93. The van der Waals surface area contributed by atoms with Crippen LogP contribution in [0.1, 0.15) is 41.2 Å². The Hall–Kier alpha value is -1.66. The van der Waals surface area contributed by atoms with Gasteiger partial charge in [-0.05, 0) is 44.6 Å². The lowest BCUT2D eigenvalue weighted by Crippen LogP contribution is -2.36. The standard InChI is InChI=1S/C18H24N2O3S/c1-13-17(14(2)23-19-13)7-8-18(21)20(11-15-5-3-9-22-15)12-16-6-4-10-24-16/h4,6,10,15H,3,5,7-9,11-12H2,1-2H3/t15-/m1/s1. The highest BCUT2D eigenvalue weighted by atomic mass is 32.1. The van der Waals surface area contributed by atoms with Crippen LogP contribution in [-0.2, 0) is 22.5 Å². The van der Waals surface area contributed by atoms with Gasteiger partial charge in [0, 0.05) is 30.0 Å². The molecule has 1 fully saturated rings. The average molecular weight is 348 g/mol. The van der Waals surface area contributed by atoms with Crippen LogP contribution in [0.15, 0.2) is 22.0 Å². The lowest BCUT2D eigenvalue weighted by Gasteiger charge is -2.25. The molecule has 0 spiro atoms. The van der Waals surface area contributed by atoms with E-state index in [1.54, 1.807) is 11.3 Å². The summed E-state index contributed by atoms with van der Waals surface area (Å²) in [6, 6.07) is 4.10. The van der Waals surface area contributed by atoms with Crippen LogP contribution < -0.4 is 0 Å². The van der Waals surface area contributed by atoms with Crippen LogP contribution in [0, 0.1) is 13.8 Å². The highest BCUT2D eigenvalue weighted by Gasteiger charge is 2.23. The number of carbonyl (C=O) groups excluding carboxylic acids is 1. The summed E-state index contributed by atoms with van der Waals surface area (Å²) in [4.78, 5) is 16.0. The lowest BCUT2D eigenvalue weighted by molar-refractivity contribution is -0.133. The first-order chi connectivity index (χ1) is 11.6. The first-order valence-corrected chi connectivity index (χ1v) is 9.35. The summed E-state index contributed by atoms with van der Waals surface area (Å²) in [6.45, 7) is 5.97. The normalized spacial score (nSPS) is 17.3. The lowest BCUT2D eigenvalue weighted by atomic mass is 10.1. The van der Waals surface area contributed by atoms with E-state index in [2.05, 4.69) is 11.2 Å². The second-order valence-corrected chi connectivity index (χ2v) is 7.32. The van der Waals surface area contributed by atoms with E-state index in [0.717, 1.165) is 36.5 Å². The molecule has 1 atom stereocenters. The second-order valence-electron chi connectivity index (χ2n) is 6.29. The van der Waals surface area contributed by atoms with Gasteiger partial charge in [0.1, 0.15) is 5.76 Å². The van der Waals surface area contributed by atoms with Gasteiger partial charge in [-0.3, -0.25) is 4.79 Å². The van der Waals surface area contributed by atoms with E-state index in [9.17, 15) is 4.79 Å². The van der Waals surface area contributed by atoms with Crippen LogP contribution in [0.2, 0.25) is 0 Å². The minimum Gasteiger partial charge on any atom is -0.376 e. The zero-order valence-corrected chi connectivity index (χ0v) is 15.1. The number of ether oxygens (including phenoxy) is 1. The van der Waals surface area contributed by atoms with Gasteiger partial charge >= 0.3 is 0 Å². The maximum atomic E-state index is 12.8. The van der Waals surface area contributed by atoms with Gasteiger partial charge < -0.3 is 14.2 Å². The van der Waals surface area contributed by atoms with Crippen LogP contribution in [0.4, 0.5) is 0 Å². The van der Waals surface area contributed by atoms with E-state index in [4.69, 9.17) is 9.26 Å². The van der Waals surface area contributed by atoms with E-state index < -0.39 is 0 Å². The van der Waals surface area contributed by atoms with Gasteiger partial charge in [-0.25, -0.2) is 0 Å². The predicted octanol–water partition coefficient (Wildman–Crippen LogP) is 3.49. The van der Waals surface area contributed by atoms with Crippen molar-refractivity contribution in [3.63, 3.8) is 0 Å². The molecule has 0 radical (unpaired) electrons. The summed E-state index contributed by atoms with van der Waals surface area (Å²) in [6.07, 6.45) is 3.45. The van der Waals surface area contributed by atoms with Gasteiger partial charge in [0.05, 0.1) is 18.3 Å².